The maximum Gasteiger partial charge on any atom is 0.340 e. The third kappa shape index (κ3) is 2.24. The van der Waals surface area contributed by atoms with Crippen LogP contribution in [0.3, 0.4) is 0 Å². The highest BCUT2D eigenvalue weighted by Gasteiger charge is 2.39. The summed E-state index contributed by atoms with van der Waals surface area (Å²) in [5.74, 6) is -4.26. The number of aliphatic hydroxyl groups is 1. The maximum absolute atomic E-state index is 12.2. The monoisotopic (exact) mass is 319 g/mol. The van der Waals surface area contributed by atoms with E-state index in [2.05, 4.69) is 16.1 Å². The molecule has 0 spiro atoms. The van der Waals surface area contributed by atoms with Crippen LogP contribution in [0.25, 0.3) is 11.3 Å². The second-order valence-electron chi connectivity index (χ2n) is 4.69. The lowest BCUT2D eigenvalue weighted by Crippen LogP contribution is -2.21. The Bertz CT molecular complexity index is 810. The fraction of sp³-hybridized carbons (Fsp3) is 0.200. The standard InChI is InChI=1S/C15H13NO7/c1-6(14(20)22-3)11-10(15(21)23-4)9-12(16(11)2)7(17)5-8(18)13(9)19/h5,17H,1H2,2-4H3. The van der Waals surface area contributed by atoms with Crippen molar-refractivity contribution in [2.45, 2.75) is 0 Å². The van der Waals surface area contributed by atoms with Gasteiger partial charge in [0.15, 0.2) is 0 Å². The first kappa shape index (κ1) is 16.2. The Morgan fingerprint density at radius 1 is 1.22 bits per heavy atom. The third-order valence-corrected chi connectivity index (χ3v) is 3.46. The molecule has 0 saturated heterocycles. The first-order valence-electron chi connectivity index (χ1n) is 6.34. The van der Waals surface area contributed by atoms with Gasteiger partial charge in [0, 0.05) is 13.1 Å². The van der Waals surface area contributed by atoms with E-state index in [4.69, 9.17) is 0 Å². The average Bonchev–Trinajstić information content (AvgIpc) is 2.84. The molecule has 8 heteroatoms. The summed E-state index contributed by atoms with van der Waals surface area (Å²) in [4.78, 5) is 47.7. The number of aliphatic hydroxyl groups excluding tert-OH is 1. The van der Waals surface area contributed by atoms with Crippen LogP contribution in [0.15, 0.2) is 12.7 Å². The quantitative estimate of drug-likeness (QED) is 0.495. The summed E-state index contributed by atoms with van der Waals surface area (Å²) < 4.78 is 10.4. The number of methoxy groups -OCH3 is 2. The lowest BCUT2D eigenvalue weighted by molar-refractivity contribution is -0.133. The van der Waals surface area contributed by atoms with Gasteiger partial charge in [-0.1, -0.05) is 6.58 Å². The minimum atomic E-state index is -0.988. The van der Waals surface area contributed by atoms with Gasteiger partial charge < -0.3 is 19.1 Å². The van der Waals surface area contributed by atoms with Crippen molar-refractivity contribution >= 4 is 34.8 Å². The SMILES string of the molecule is C=C(C(=O)OC)c1c(C(=O)OC)c2c(n1C)C(O)=CC(=O)C2=O. The second kappa shape index (κ2) is 5.56. The van der Waals surface area contributed by atoms with E-state index in [1.807, 2.05) is 0 Å². The molecule has 0 atom stereocenters. The van der Waals surface area contributed by atoms with Crippen molar-refractivity contribution in [2.75, 3.05) is 14.2 Å². The molecule has 0 saturated carbocycles. The summed E-state index contributed by atoms with van der Waals surface area (Å²) in [6.07, 6.45) is 0.746. The summed E-state index contributed by atoms with van der Waals surface area (Å²) >= 11 is 0. The van der Waals surface area contributed by atoms with Gasteiger partial charge in [0.25, 0.3) is 0 Å². The highest BCUT2D eigenvalue weighted by atomic mass is 16.5. The fourth-order valence-electron chi connectivity index (χ4n) is 2.46. The first-order chi connectivity index (χ1) is 10.8. The molecule has 1 N–H and O–H groups in total. The highest BCUT2D eigenvalue weighted by Crippen LogP contribution is 2.34. The van der Waals surface area contributed by atoms with Crippen LogP contribution in [0.1, 0.15) is 32.1 Å². The van der Waals surface area contributed by atoms with E-state index in [1.54, 1.807) is 0 Å². The Kier molecular flexibility index (Phi) is 3.92. The summed E-state index contributed by atoms with van der Waals surface area (Å²) in [6.45, 7) is 3.55. The van der Waals surface area contributed by atoms with Gasteiger partial charge in [-0.05, 0) is 0 Å². The van der Waals surface area contributed by atoms with Crippen LogP contribution in [0, 0.1) is 0 Å². The molecular formula is C15H13NO7. The molecular weight excluding hydrogens is 306 g/mol. The largest absolute Gasteiger partial charge is 0.506 e. The molecule has 0 aliphatic heterocycles. The summed E-state index contributed by atoms with van der Waals surface area (Å²) in [7, 11) is 3.61. The maximum atomic E-state index is 12.2. The topological polar surface area (TPSA) is 112 Å². The minimum Gasteiger partial charge on any atom is -0.506 e. The van der Waals surface area contributed by atoms with Gasteiger partial charge in [0.1, 0.15) is 5.76 Å². The normalized spacial score (nSPS) is 13.3. The number of nitrogens with zero attached hydrogens (tertiary/aromatic N) is 1. The molecule has 1 aliphatic rings. The van der Waals surface area contributed by atoms with Gasteiger partial charge in [0.05, 0.1) is 42.3 Å². The number of rotatable bonds is 3. The Hall–Kier alpha value is -3.16. The molecule has 23 heavy (non-hydrogen) atoms. The van der Waals surface area contributed by atoms with Gasteiger partial charge in [-0.2, -0.15) is 0 Å². The van der Waals surface area contributed by atoms with E-state index < -0.39 is 29.3 Å². The Balaban J connectivity index is 2.90. The predicted molar refractivity (Wildman–Crippen MR) is 77.7 cm³/mol. The van der Waals surface area contributed by atoms with Crippen LogP contribution in [0.2, 0.25) is 0 Å². The van der Waals surface area contributed by atoms with Crippen molar-refractivity contribution in [3.8, 4) is 0 Å². The van der Waals surface area contributed by atoms with Crippen LogP contribution < -0.4 is 0 Å². The summed E-state index contributed by atoms with van der Waals surface area (Å²) in [6, 6.07) is 0. The molecule has 0 unspecified atom stereocenters. The minimum absolute atomic E-state index is 0.0725. The van der Waals surface area contributed by atoms with Gasteiger partial charge in [-0.15, -0.1) is 0 Å². The zero-order valence-corrected chi connectivity index (χ0v) is 12.6. The number of hydrogen-bond acceptors (Lipinski definition) is 7. The molecule has 1 aromatic heterocycles. The molecule has 2 rings (SSSR count). The number of carbonyl (C=O) groups is 4. The number of ether oxygens (including phenoxy) is 2. The van der Waals surface area contributed by atoms with Crippen LogP contribution in [-0.4, -0.2) is 47.4 Å². The molecule has 1 aromatic rings. The van der Waals surface area contributed by atoms with Crippen molar-refractivity contribution in [3.05, 3.63) is 35.2 Å². The fourth-order valence-corrected chi connectivity index (χ4v) is 2.46. The van der Waals surface area contributed by atoms with E-state index >= 15 is 0 Å². The predicted octanol–water partition coefficient (Wildman–Crippen LogP) is 0.662. The number of hydrogen-bond donors (Lipinski definition) is 1. The van der Waals surface area contributed by atoms with Gasteiger partial charge in [0.2, 0.25) is 11.6 Å². The van der Waals surface area contributed by atoms with Crippen LogP contribution in [0.4, 0.5) is 0 Å². The second-order valence-corrected chi connectivity index (χ2v) is 4.69. The number of ketones is 2. The van der Waals surface area contributed by atoms with Crippen molar-refractivity contribution < 1.29 is 33.8 Å². The molecule has 1 heterocycles. The Morgan fingerprint density at radius 3 is 2.35 bits per heavy atom. The van der Waals surface area contributed by atoms with Crippen molar-refractivity contribution in [2.24, 2.45) is 7.05 Å². The number of allylic oxidation sites excluding steroid dienone is 1. The van der Waals surface area contributed by atoms with Gasteiger partial charge in [-0.3, -0.25) is 9.59 Å². The van der Waals surface area contributed by atoms with E-state index in [-0.39, 0.29) is 28.1 Å². The molecule has 0 aromatic carbocycles. The lowest BCUT2D eigenvalue weighted by atomic mass is 9.95. The van der Waals surface area contributed by atoms with E-state index in [0.717, 1.165) is 20.3 Å². The van der Waals surface area contributed by atoms with Crippen LogP contribution >= 0.6 is 0 Å². The van der Waals surface area contributed by atoms with Gasteiger partial charge in [-0.25, -0.2) is 9.59 Å². The van der Waals surface area contributed by atoms with E-state index in [1.165, 1.54) is 11.6 Å². The molecule has 0 bridgehead atoms. The number of Topliss-reactive ketones (excluding diaryl/α,β-unsaturated/α-hetero) is 1. The van der Waals surface area contributed by atoms with E-state index in [9.17, 15) is 24.3 Å². The van der Waals surface area contributed by atoms with Crippen molar-refractivity contribution in [3.63, 3.8) is 0 Å². The molecule has 0 radical (unpaired) electrons. The Morgan fingerprint density at radius 2 is 1.83 bits per heavy atom. The number of esters is 2. The van der Waals surface area contributed by atoms with Crippen LogP contribution in [0.5, 0.6) is 0 Å². The summed E-state index contributed by atoms with van der Waals surface area (Å²) in [5.41, 5.74) is -1.02. The van der Waals surface area contributed by atoms with Crippen LogP contribution in [-0.2, 0) is 26.1 Å². The molecule has 8 nitrogen and oxygen atoms in total. The first-order valence-corrected chi connectivity index (χ1v) is 6.34. The van der Waals surface area contributed by atoms with Crippen molar-refractivity contribution in [1.29, 1.82) is 0 Å². The zero-order chi connectivity index (χ0) is 17.5. The number of fused-ring (bicyclic) bond motifs is 1. The smallest absolute Gasteiger partial charge is 0.340 e. The molecule has 0 fully saturated rings. The zero-order valence-electron chi connectivity index (χ0n) is 12.6. The number of carbonyl (C=O) groups excluding carboxylic acids is 4. The average molecular weight is 319 g/mol. The third-order valence-electron chi connectivity index (χ3n) is 3.46. The number of aromatic nitrogens is 1. The molecule has 0 amide bonds. The van der Waals surface area contributed by atoms with E-state index in [0.29, 0.717) is 0 Å². The van der Waals surface area contributed by atoms with Crippen molar-refractivity contribution in [1.82, 2.24) is 4.57 Å². The summed E-state index contributed by atoms with van der Waals surface area (Å²) in [5, 5.41) is 9.97. The molecule has 120 valence electrons. The Labute approximate surface area is 130 Å². The lowest BCUT2D eigenvalue weighted by Gasteiger charge is -2.10. The molecule has 1 aliphatic carbocycles. The highest BCUT2D eigenvalue weighted by molar-refractivity contribution is 6.51. The van der Waals surface area contributed by atoms with Gasteiger partial charge >= 0.3 is 11.9 Å².